The highest BCUT2D eigenvalue weighted by molar-refractivity contribution is 7.86. The molecule has 0 radical (unpaired) electrons. The third kappa shape index (κ3) is 3.06. The van der Waals surface area contributed by atoms with E-state index >= 15 is 0 Å². The molecule has 16 heavy (non-hydrogen) atoms. The Kier molecular flexibility index (Phi) is 3.45. The van der Waals surface area contributed by atoms with Gasteiger partial charge in [0.05, 0.1) is 0 Å². The number of nitrogens with two attached hydrogens (primary N) is 1. The highest BCUT2D eigenvalue weighted by atomic mass is 32.2. The van der Waals surface area contributed by atoms with Crippen LogP contribution in [0.2, 0.25) is 0 Å². The van der Waals surface area contributed by atoms with Crippen LogP contribution >= 0.6 is 0 Å². The van der Waals surface area contributed by atoms with Crippen LogP contribution in [0, 0.1) is 0 Å². The molecule has 10 heteroatoms. The number of amides is 1. The fraction of sp³-hybridized carbons (Fsp3) is 0.833. The second kappa shape index (κ2) is 4.18. The Morgan fingerprint density at radius 3 is 1.88 bits per heavy atom. The lowest BCUT2D eigenvalue weighted by Crippen LogP contribution is -2.54. The zero-order valence-corrected chi connectivity index (χ0v) is 8.88. The Hall–Kier alpha value is -0.870. The Morgan fingerprint density at radius 2 is 1.56 bits per heavy atom. The Morgan fingerprint density at radius 1 is 1.12 bits per heavy atom. The standard InChI is InChI=1S/C6H10F3N3O3S/c7-6(8,9)5(13)11-1-3-12(4-2-11)16(10,14)15/h1-4H2,(H2,10,14,15). The van der Waals surface area contributed by atoms with Gasteiger partial charge in [-0.1, -0.05) is 0 Å². The van der Waals surface area contributed by atoms with Crippen LogP contribution in [0.3, 0.4) is 0 Å². The summed E-state index contributed by atoms with van der Waals surface area (Å²) in [6, 6.07) is 0. The van der Waals surface area contributed by atoms with E-state index in [4.69, 9.17) is 5.14 Å². The smallest absolute Gasteiger partial charge is 0.332 e. The van der Waals surface area contributed by atoms with Gasteiger partial charge in [-0.3, -0.25) is 4.79 Å². The van der Waals surface area contributed by atoms with Crippen LogP contribution in [-0.4, -0.2) is 55.9 Å². The van der Waals surface area contributed by atoms with Gasteiger partial charge in [-0.15, -0.1) is 0 Å². The summed E-state index contributed by atoms with van der Waals surface area (Å²) in [6.07, 6.45) is -4.93. The third-order valence-corrected chi connectivity index (χ3v) is 3.21. The zero-order valence-electron chi connectivity index (χ0n) is 8.07. The number of halogens is 3. The molecule has 0 aromatic carbocycles. The predicted octanol–water partition coefficient (Wildman–Crippen LogP) is -1.10. The first-order chi connectivity index (χ1) is 7.12. The summed E-state index contributed by atoms with van der Waals surface area (Å²) in [6.45, 7) is -1.06. The quantitative estimate of drug-likeness (QED) is 0.650. The van der Waals surface area contributed by atoms with Crippen molar-refractivity contribution in [2.75, 3.05) is 26.2 Å². The fourth-order valence-electron chi connectivity index (χ4n) is 1.32. The van der Waals surface area contributed by atoms with Gasteiger partial charge >= 0.3 is 12.1 Å². The average molecular weight is 261 g/mol. The summed E-state index contributed by atoms with van der Waals surface area (Å²) >= 11 is 0. The zero-order chi connectivity index (χ0) is 12.6. The molecule has 1 fully saturated rings. The van der Waals surface area contributed by atoms with Crippen molar-refractivity contribution in [3.05, 3.63) is 0 Å². The van der Waals surface area contributed by atoms with Crippen molar-refractivity contribution in [3.63, 3.8) is 0 Å². The lowest BCUT2D eigenvalue weighted by Gasteiger charge is -2.33. The maximum absolute atomic E-state index is 12.0. The van der Waals surface area contributed by atoms with E-state index in [-0.39, 0.29) is 26.2 Å². The van der Waals surface area contributed by atoms with E-state index in [9.17, 15) is 26.4 Å². The largest absolute Gasteiger partial charge is 0.471 e. The molecule has 6 nitrogen and oxygen atoms in total. The normalized spacial score (nSPS) is 19.9. The number of nitrogens with zero attached hydrogens (tertiary/aromatic N) is 2. The van der Waals surface area contributed by atoms with Crippen molar-refractivity contribution in [1.82, 2.24) is 9.21 Å². The van der Waals surface area contributed by atoms with Gasteiger partial charge in [-0.2, -0.15) is 25.9 Å². The van der Waals surface area contributed by atoms with E-state index in [1.165, 1.54) is 0 Å². The van der Waals surface area contributed by atoms with E-state index < -0.39 is 22.3 Å². The van der Waals surface area contributed by atoms with Crippen LogP contribution in [0.1, 0.15) is 0 Å². The van der Waals surface area contributed by atoms with Gasteiger partial charge in [0.2, 0.25) is 0 Å². The molecule has 94 valence electrons. The van der Waals surface area contributed by atoms with Crippen molar-refractivity contribution in [2.45, 2.75) is 6.18 Å². The van der Waals surface area contributed by atoms with Gasteiger partial charge in [-0.25, -0.2) is 5.14 Å². The highest BCUT2D eigenvalue weighted by Gasteiger charge is 2.43. The maximum Gasteiger partial charge on any atom is 0.471 e. The van der Waals surface area contributed by atoms with E-state index in [0.717, 1.165) is 4.31 Å². The molecule has 1 amide bonds. The minimum Gasteiger partial charge on any atom is -0.332 e. The summed E-state index contributed by atoms with van der Waals surface area (Å²) < 4.78 is 58.6. The molecule has 2 N–H and O–H groups in total. The van der Waals surface area contributed by atoms with Crippen LogP contribution in [0.15, 0.2) is 0 Å². The Labute approximate surface area is 90.0 Å². The van der Waals surface area contributed by atoms with Gasteiger partial charge in [0.25, 0.3) is 10.2 Å². The number of hydrogen-bond donors (Lipinski definition) is 1. The van der Waals surface area contributed by atoms with Crippen molar-refractivity contribution in [3.8, 4) is 0 Å². The average Bonchev–Trinajstić information content (AvgIpc) is 2.14. The first-order valence-corrected chi connectivity index (χ1v) is 5.76. The Balaban J connectivity index is 2.60. The number of alkyl halides is 3. The van der Waals surface area contributed by atoms with Gasteiger partial charge in [0.1, 0.15) is 0 Å². The molecule has 0 bridgehead atoms. The van der Waals surface area contributed by atoms with Gasteiger partial charge in [-0.05, 0) is 0 Å². The molecule has 0 aliphatic carbocycles. The minimum absolute atomic E-state index is 0.222. The monoisotopic (exact) mass is 261 g/mol. The predicted molar refractivity (Wildman–Crippen MR) is 47.3 cm³/mol. The summed E-state index contributed by atoms with van der Waals surface area (Å²) in [5.74, 6) is -1.96. The molecule has 0 unspecified atom stereocenters. The van der Waals surface area contributed by atoms with E-state index in [2.05, 4.69) is 0 Å². The summed E-state index contributed by atoms with van der Waals surface area (Å²) in [5.41, 5.74) is 0. The molecule has 0 aromatic heterocycles. The van der Waals surface area contributed by atoms with Crippen LogP contribution in [0.4, 0.5) is 13.2 Å². The molecule has 0 spiro atoms. The van der Waals surface area contributed by atoms with Crippen molar-refractivity contribution in [2.24, 2.45) is 5.14 Å². The van der Waals surface area contributed by atoms with Gasteiger partial charge in [0.15, 0.2) is 0 Å². The number of rotatable bonds is 1. The fourth-order valence-corrected chi connectivity index (χ4v) is 2.00. The van der Waals surface area contributed by atoms with Gasteiger partial charge < -0.3 is 4.90 Å². The highest BCUT2D eigenvalue weighted by Crippen LogP contribution is 2.19. The Bertz CT molecular complexity index is 372. The molecular formula is C6H10F3N3O3S. The third-order valence-electron chi connectivity index (χ3n) is 2.13. The van der Waals surface area contributed by atoms with Crippen molar-refractivity contribution in [1.29, 1.82) is 0 Å². The summed E-state index contributed by atoms with van der Waals surface area (Å²) in [4.78, 5) is 11.3. The second-order valence-corrected chi connectivity index (χ2v) is 4.78. The minimum atomic E-state index is -4.93. The lowest BCUT2D eigenvalue weighted by molar-refractivity contribution is -0.186. The lowest BCUT2D eigenvalue weighted by atomic mass is 10.3. The van der Waals surface area contributed by atoms with Crippen LogP contribution in [-0.2, 0) is 15.0 Å². The molecule has 0 aromatic rings. The molecule has 1 aliphatic heterocycles. The topological polar surface area (TPSA) is 83.7 Å². The van der Waals surface area contributed by atoms with E-state index in [0.29, 0.717) is 4.90 Å². The molecule has 0 atom stereocenters. The summed E-state index contributed by atoms with van der Waals surface area (Å²) in [5, 5.41) is 4.79. The molecule has 1 saturated heterocycles. The van der Waals surface area contributed by atoms with E-state index in [1.54, 1.807) is 0 Å². The first-order valence-electron chi connectivity index (χ1n) is 4.26. The number of hydrogen-bond acceptors (Lipinski definition) is 3. The molecule has 1 rings (SSSR count). The SMILES string of the molecule is NS(=O)(=O)N1CCN(C(=O)C(F)(F)F)CC1. The number of carbonyl (C=O) groups excluding carboxylic acids is 1. The van der Waals surface area contributed by atoms with Crippen molar-refractivity contribution >= 4 is 16.1 Å². The van der Waals surface area contributed by atoms with Gasteiger partial charge in [0, 0.05) is 26.2 Å². The second-order valence-electron chi connectivity index (χ2n) is 3.23. The summed E-state index contributed by atoms with van der Waals surface area (Å²) in [7, 11) is -3.90. The maximum atomic E-state index is 12.0. The molecule has 0 saturated carbocycles. The molecule has 1 aliphatic rings. The molecule has 1 heterocycles. The van der Waals surface area contributed by atoms with Crippen molar-refractivity contribution < 1.29 is 26.4 Å². The van der Waals surface area contributed by atoms with E-state index in [1.807, 2.05) is 0 Å². The first kappa shape index (κ1) is 13.2. The van der Waals surface area contributed by atoms with Crippen LogP contribution < -0.4 is 5.14 Å². The number of piperazine rings is 1. The van der Waals surface area contributed by atoms with Crippen LogP contribution in [0.5, 0.6) is 0 Å². The van der Waals surface area contributed by atoms with Crippen LogP contribution in [0.25, 0.3) is 0 Å². The number of carbonyl (C=O) groups is 1. The molecular weight excluding hydrogens is 251 g/mol.